The number of hydrogen-bond acceptors (Lipinski definition) is 3. The Hall–Kier alpha value is -2.08. The van der Waals surface area contributed by atoms with Crippen molar-refractivity contribution >= 4 is 21.4 Å². The summed E-state index contributed by atoms with van der Waals surface area (Å²) < 4.78 is 40.4. The SMILES string of the molecule is Cc1ccc(S(=O)(=O)Nc2c(C)cccc2F)cc1N. The number of hydrogen-bond donors (Lipinski definition) is 2. The van der Waals surface area contributed by atoms with Crippen molar-refractivity contribution in [3.8, 4) is 0 Å². The summed E-state index contributed by atoms with van der Waals surface area (Å²) in [6.45, 7) is 3.41. The summed E-state index contributed by atoms with van der Waals surface area (Å²) in [5.41, 5.74) is 7.32. The Morgan fingerprint density at radius 3 is 2.40 bits per heavy atom. The lowest BCUT2D eigenvalue weighted by Crippen LogP contribution is -2.15. The summed E-state index contributed by atoms with van der Waals surface area (Å²) in [5.74, 6) is -0.617. The third-order valence-electron chi connectivity index (χ3n) is 3.02. The van der Waals surface area contributed by atoms with Gasteiger partial charge in [0, 0.05) is 5.69 Å². The fourth-order valence-electron chi connectivity index (χ4n) is 1.74. The van der Waals surface area contributed by atoms with Crippen LogP contribution in [0.5, 0.6) is 0 Å². The number of anilines is 2. The van der Waals surface area contributed by atoms with E-state index in [1.165, 1.54) is 24.3 Å². The van der Waals surface area contributed by atoms with Crippen LogP contribution in [0.4, 0.5) is 15.8 Å². The minimum atomic E-state index is -3.87. The summed E-state index contributed by atoms with van der Waals surface area (Å²) >= 11 is 0. The van der Waals surface area contributed by atoms with E-state index < -0.39 is 15.8 Å². The molecule has 0 aliphatic rings. The van der Waals surface area contributed by atoms with Gasteiger partial charge in [0.15, 0.2) is 0 Å². The van der Waals surface area contributed by atoms with E-state index in [-0.39, 0.29) is 10.6 Å². The minimum absolute atomic E-state index is 0.00301. The lowest BCUT2D eigenvalue weighted by Gasteiger charge is -2.12. The molecule has 6 heteroatoms. The quantitative estimate of drug-likeness (QED) is 0.855. The zero-order valence-corrected chi connectivity index (χ0v) is 12.0. The molecule has 0 saturated heterocycles. The van der Waals surface area contributed by atoms with Crippen LogP contribution in [0, 0.1) is 19.7 Å². The summed E-state index contributed by atoms with van der Waals surface area (Å²) in [5, 5.41) is 0. The van der Waals surface area contributed by atoms with Crippen molar-refractivity contribution < 1.29 is 12.8 Å². The van der Waals surface area contributed by atoms with Gasteiger partial charge in [0.05, 0.1) is 10.6 Å². The van der Waals surface area contributed by atoms with Crippen LogP contribution in [0.15, 0.2) is 41.3 Å². The fourth-order valence-corrected chi connectivity index (χ4v) is 2.91. The van der Waals surface area contributed by atoms with Gasteiger partial charge in [-0.3, -0.25) is 4.72 Å². The highest BCUT2D eigenvalue weighted by Crippen LogP contribution is 2.24. The maximum atomic E-state index is 13.7. The second kappa shape index (κ2) is 5.13. The van der Waals surface area contributed by atoms with Crippen molar-refractivity contribution in [2.45, 2.75) is 18.7 Å². The molecule has 0 fully saturated rings. The van der Waals surface area contributed by atoms with Crippen LogP contribution < -0.4 is 10.5 Å². The molecule has 0 aliphatic carbocycles. The number of halogens is 1. The molecule has 0 heterocycles. The molecule has 20 heavy (non-hydrogen) atoms. The summed E-state index contributed by atoms with van der Waals surface area (Å²) in [6.07, 6.45) is 0. The summed E-state index contributed by atoms with van der Waals surface area (Å²) in [7, 11) is -3.87. The number of benzene rings is 2. The van der Waals surface area contributed by atoms with Crippen LogP contribution in [0.3, 0.4) is 0 Å². The zero-order chi connectivity index (χ0) is 14.9. The number of sulfonamides is 1. The van der Waals surface area contributed by atoms with Gasteiger partial charge in [-0.05, 0) is 43.2 Å². The van der Waals surface area contributed by atoms with Crippen LogP contribution in [0.25, 0.3) is 0 Å². The molecule has 3 N–H and O–H groups in total. The van der Waals surface area contributed by atoms with E-state index in [1.807, 2.05) is 0 Å². The van der Waals surface area contributed by atoms with E-state index in [0.717, 1.165) is 5.56 Å². The highest BCUT2D eigenvalue weighted by Gasteiger charge is 2.18. The van der Waals surface area contributed by atoms with Crippen LogP contribution in [-0.2, 0) is 10.0 Å². The zero-order valence-electron chi connectivity index (χ0n) is 11.1. The molecule has 0 spiro atoms. The van der Waals surface area contributed by atoms with Gasteiger partial charge in [-0.25, -0.2) is 12.8 Å². The molecule has 0 amide bonds. The average Bonchev–Trinajstić information content (AvgIpc) is 2.37. The predicted molar refractivity (Wildman–Crippen MR) is 77.5 cm³/mol. The lowest BCUT2D eigenvalue weighted by atomic mass is 10.2. The van der Waals surface area contributed by atoms with Crippen molar-refractivity contribution in [1.82, 2.24) is 0 Å². The Labute approximate surface area is 117 Å². The monoisotopic (exact) mass is 294 g/mol. The van der Waals surface area contributed by atoms with E-state index >= 15 is 0 Å². The first-order valence-electron chi connectivity index (χ1n) is 5.95. The molecule has 0 aromatic heterocycles. The van der Waals surface area contributed by atoms with Crippen molar-refractivity contribution in [3.63, 3.8) is 0 Å². The smallest absolute Gasteiger partial charge is 0.262 e. The first-order chi connectivity index (χ1) is 9.31. The van der Waals surface area contributed by atoms with Crippen LogP contribution in [-0.4, -0.2) is 8.42 Å². The lowest BCUT2D eigenvalue weighted by molar-refractivity contribution is 0.598. The van der Waals surface area contributed by atoms with E-state index in [4.69, 9.17) is 5.73 Å². The Morgan fingerprint density at radius 2 is 1.80 bits per heavy atom. The highest BCUT2D eigenvalue weighted by atomic mass is 32.2. The molecule has 2 aromatic rings. The van der Waals surface area contributed by atoms with Gasteiger partial charge < -0.3 is 5.73 Å². The van der Waals surface area contributed by atoms with Crippen LogP contribution in [0.1, 0.15) is 11.1 Å². The molecule has 106 valence electrons. The number of rotatable bonds is 3. The molecule has 2 aromatic carbocycles. The van der Waals surface area contributed by atoms with Gasteiger partial charge in [-0.1, -0.05) is 18.2 Å². The molecule has 0 saturated carbocycles. The van der Waals surface area contributed by atoms with Crippen molar-refractivity contribution in [2.75, 3.05) is 10.5 Å². The predicted octanol–water partition coefficient (Wildman–Crippen LogP) is 2.83. The highest BCUT2D eigenvalue weighted by molar-refractivity contribution is 7.92. The maximum absolute atomic E-state index is 13.7. The van der Waals surface area contributed by atoms with Gasteiger partial charge in [-0.15, -0.1) is 0 Å². The Bertz CT molecular complexity index is 738. The Morgan fingerprint density at radius 1 is 1.10 bits per heavy atom. The standard InChI is InChI=1S/C14H15FN2O2S/c1-9-6-7-11(8-13(9)16)20(18,19)17-14-10(2)4-3-5-12(14)15/h3-8,17H,16H2,1-2H3. The molecule has 2 rings (SSSR count). The normalized spacial score (nSPS) is 11.3. The molecule has 0 atom stereocenters. The van der Waals surface area contributed by atoms with Crippen molar-refractivity contribution in [1.29, 1.82) is 0 Å². The Kier molecular flexibility index (Phi) is 3.67. The van der Waals surface area contributed by atoms with Crippen molar-refractivity contribution in [2.24, 2.45) is 0 Å². The van der Waals surface area contributed by atoms with Gasteiger partial charge in [0.25, 0.3) is 10.0 Å². The molecule has 0 radical (unpaired) electrons. The second-order valence-corrected chi connectivity index (χ2v) is 6.24. The number of para-hydroxylation sites is 1. The van der Waals surface area contributed by atoms with Crippen LogP contribution in [0.2, 0.25) is 0 Å². The van der Waals surface area contributed by atoms with Gasteiger partial charge in [0.2, 0.25) is 0 Å². The third kappa shape index (κ3) is 2.75. The molecule has 0 unspecified atom stereocenters. The third-order valence-corrected chi connectivity index (χ3v) is 4.37. The minimum Gasteiger partial charge on any atom is -0.398 e. The summed E-state index contributed by atoms with van der Waals surface area (Å²) in [6, 6.07) is 8.75. The van der Waals surface area contributed by atoms with Gasteiger partial charge >= 0.3 is 0 Å². The average molecular weight is 294 g/mol. The maximum Gasteiger partial charge on any atom is 0.262 e. The van der Waals surface area contributed by atoms with E-state index in [0.29, 0.717) is 11.3 Å². The van der Waals surface area contributed by atoms with E-state index in [2.05, 4.69) is 4.72 Å². The van der Waals surface area contributed by atoms with Gasteiger partial charge in [0.1, 0.15) is 5.82 Å². The summed E-state index contributed by atoms with van der Waals surface area (Å²) in [4.78, 5) is 0.00301. The molecule has 0 bridgehead atoms. The molecule has 4 nitrogen and oxygen atoms in total. The number of nitrogens with one attached hydrogen (secondary N) is 1. The molecule has 0 aliphatic heterocycles. The van der Waals surface area contributed by atoms with E-state index in [1.54, 1.807) is 26.0 Å². The number of nitrogen functional groups attached to an aromatic ring is 1. The number of nitrogens with two attached hydrogens (primary N) is 1. The Balaban J connectivity index is 2.43. The van der Waals surface area contributed by atoms with Gasteiger partial charge in [-0.2, -0.15) is 0 Å². The molecular weight excluding hydrogens is 279 g/mol. The first-order valence-corrected chi connectivity index (χ1v) is 7.43. The second-order valence-electron chi connectivity index (χ2n) is 4.56. The van der Waals surface area contributed by atoms with Crippen molar-refractivity contribution in [3.05, 3.63) is 53.3 Å². The van der Waals surface area contributed by atoms with Crippen LogP contribution >= 0.6 is 0 Å². The topological polar surface area (TPSA) is 72.2 Å². The molecular formula is C14H15FN2O2S. The first kappa shape index (κ1) is 14.3. The van der Waals surface area contributed by atoms with E-state index in [9.17, 15) is 12.8 Å². The largest absolute Gasteiger partial charge is 0.398 e. The fraction of sp³-hybridized carbons (Fsp3) is 0.143. The number of aryl methyl sites for hydroxylation is 2.